The van der Waals surface area contributed by atoms with Crippen molar-refractivity contribution in [2.24, 2.45) is 0 Å². The molecule has 2 aromatic rings. The highest BCUT2D eigenvalue weighted by atomic mass is 35.5. The monoisotopic (exact) mass is 264 g/mol. The molecule has 0 saturated carbocycles. The Morgan fingerprint density at radius 2 is 2.11 bits per heavy atom. The summed E-state index contributed by atoms with van der Waals surface area (Å²) >= 11 is 5.85. The van der Waals surface area contributed by atoms with E-state index in [0.29, 0.717) is 5.02 Å². The number of rotatable bonds is 3. The van der Waals surface area contributed by atoms with Crippen LogP contribution in [0.5, 0.6) is 0 Å². The fraction of sp³-hybridized carbons (Fsp3) is 0.385. The average molecular weight is 265 g/mol. The summed E-state index contributed by atoms with van der Waals surface area (Å²) in [6, 6.07) is 5.87. The molecule has 4 nitrogen and oxygen atoms in total. The highest BCUT2D eigenvalue weighted by molar-refractivity contribution is 6.30. The Hall–Kier alpha value is -1.39. The van der Waals surface area contributed by atoms with Gasteiger partial charge < -0.3 is 5.32 Å². The van der Waals surface area contributed by atoms with E-state index in [1.165, 1.54) is 0 Å². The van der Waals surface area contributed by atoms with Gasteiger partial charge in [-0.1, -0.05) is 17.7 Å². The van der Waals surface area contributed by atoms with E-state index >= 15 is 0 Å². The van der Waals surface area contributed by atoms with Crippen molar-refractivity contribution >= 4 is 11.6 Å². The molecule has 2 rings (SSSR count). The zero-order valence-corrected chi connectivity index (χ0v) is 11.6. The molecule has 0 aliphatic carbocycles. The van der Waals surface area contributed by atoms with Crippen LogP contribution in [-0.2, 0) is 6.54 Å². The van der Waals surface area contributed by atoms with Crippen LogP contribution in [0, 0.1) is 0 Å². The second kappa shape index (κ2) is 5.08. The molecule has 0 aliphatic rings. The van der Waals surface area contributed by atoms with Crippen LogP contribution in [0.15, 0.2) is 30.6 Å². The van der Waals surface area contributed by atoms with Gasteiger partial charge in [0.15, 0.2) is 5.82 Å². The van der Waals surface area contributed by atoms with E-state index in [1.807, 2.05) is 18.2 Å². The van der Waals surface area contributed by atoms with Gasteiger partial charge in [0, 0.05) is 12.1 Å². The molecule has 0 aliphatic heterocycles. The van der Waals surface area contributed by atoms with Gasteiger partial charge in [-0.05, 0) is 32.9 Å². The molecule has 18 heavy (non-hydrogen) atoms. The van der Waals surface area contributed by atoms with Gasteiger partial charge in [-0.2, -0.15) is 5.10 Å². The first-order valence-electron chi connectivity index (χ1n) is 5.85. The second-order valence-electron chi connectivity index (χ2n) is 5.19. The molecule has 96 valence electrons. The standard InChI is InChI=1S/C13H17ClN4/c1-13(2,3)15-8-11-5-4-6-12(17-11)18-9-10(14)7-16-18/h4-7,9,15H,8H2,1-3H3. The highest BCUT2D eigenvalue weighted by Gasteiger charge is 2.09. The summed E-state index contributed by atoms with van der Waals surface area (Å²) in [5, 5.41) is 8.15. The van der Waals surface area contributed by atoms with Crippen LogP contribution in [0.3, 0.4) is 0 Å². The fourth-order valence-corrected chi connectivity index (χ4v) is 1.61. The molecule has 0 spiro atoms. The Balaban J connectivity index is 2.15. The molecule has 0 fully saturated rings. The summed E-state index contributed by atoms with van der Waals surface area (Å²) in [5.74, 6) is 0.773. The Labute approximate surface area is 112 Å². The molecule has 5 heteroatoms. The van der Waals surface area contributed by atoms with Crippen molar-refractivity contribution in [3.05, 3.63) is 41.3 Å². The Kier molecular flexibility index (Phi) is 3.68. The first-order valence-corrected chi connectivity index (χ1v) is 6.23. The zero-order chi connectivity index (χ0) is 13.2. The lowest BCUT2D eigenvalue weighted by Gasteiger charge is -2.20. The zero-order valence-electron chi connectivity index (χ0n) is 10.8. The van der Waals surface area contributed by atoms with Gasteiger partial charge in [-0.25, -0.2) is 9.67 Å². The SMILES string of the molecule is CC(C)(C)NCc1cccc(-n2cc(Cl)cn2)n1. The third kappa shape index (κ3) is 3.55. The van der Waals surface area contributed by atoms with E-state index < -0.39 is 0 Å². The quantitative estimate of drug-likeness (QED) is 0.927. The number of aromatic nitrogens is 3. The minimum atomic E-state index is 0.0761. The highest BCUT2D eigenvalue weighted by Crippen LogP contribution is 2.11. The van der Waals surface area contributed by atoms with Gasteiger partial charge in [0.2, 0.25) is 0 Å². The van der Waals surface area contributed by atoms with E-state index in [9.17, 15) is 0 Å². The van der Waals surface area contributed by atoms with Gasteiger partial charge in [0.25, 0.3) is 0 Å². The predicted molar refractivity (Wildman–Crippen MR) is 73.0 cm³/mol. The molecule has 0 saturated heterocycles. The molecular formula is C13H17ClN4. The first-order chi connectivity index (χ1) is 8.44. The minimum Gasteiger partial charge on any atom is -0.306 e. The van der Waals surface area contributed by atoms with E-state index in [-0.39, 0.29) is 5.54 Å². The molecule has 0 amide bonds. The summed E-state index contributed by atoms with van der Waals surface area (Å²) in [6.07, 6.45) is 3.34. The van der Waals surface area contributed by atoms with Crippen LogP contribution >= 0.6 is 11.6 Å². The molecule has 0 atom stereocenters. The third-order valence-corrected chi connectivity index (χ3v) is 2.57. The van der Waals surface area contributed by atoms with Crippen LogP contribution in [0.25, 0.3) is 5.82 Å². The molecule has 0 radical (unpaired) electrons. The van der Waals surface area contributed by atoms with E-state index in [0.717, 1.165) is 18.1 Å². The van der Waals surface area contributed by atoms with Crippen molar-refractivity contribution in [2.75, 3.05) is 0 Å². The van der Waals surface area contributed by atoms with Crippen molar-refractivity contribution in [2.45, 2.75) is 32.9 Å². The molecule has 2 aromatic heterocycles. The summed E-state index contributed by atoms with van der Waals surface area (Å²) in [4.78, 5) is 4.54. The van der Waals surface area contributed by atoms with Crippen LogP contribution in [0.4, 0.5) is 0 Å². The second-order valence-corrected chi connectivity index (χ2v) is 5.63. The summed E-state index contributed by atoms with van der Waals surface area (Å²) in [6.45, 7) is 7.12. The van der Waals surface area contributed by atoms with Crippen LogP contribution in [0.2, 0.25) is 5.02 Å². The number of hydrogen-bond acceptors (Lipinski definition) is 3. The van der Waals surface area contributed by atoms with Gasteiger partial charge in [0.1, 0.15) is 0 Å². The number of halogens is 1. The lowest BCUT2D eigenvalue weighted by atomic mass is 10.1. The van der Waals surface area contributed by atoms with Gasteiger partial charge in [-0.3, -0.25) is 0 Å². The van der Waals surface area contributed by atoms with Crippen LogP contribution in [-0.4, -0.2) is 20.3 Å². The van der Waals surface area contributed by atoms with Crippen LogP contribution in [0.1, 0.15) is 26.5 Å². The molecule has 2 heterocycles. The largest absolute Gasteiger partial charge is 0.306 e. The van der Waals surface area contributed by atoms with Crippen LogP contribution < -0.4 is 5.32 Å². The molecular weight excluding hydrogens is 248 g/mol. The normalized spacial score (nSPS) is 11.8. The van der Waals surface area contributed by atoms with Crippen molar-refractivity contribution in [3.8, 4) is 5.82 Å². The van der Waals surface area contributed by atoms with E-state index in [1.54, 1.807) is 17.1 Å². The number of nitrogens with zero attached hydrogens (tertiary/aromatic N) is 3. The lowest BCUT2D eigenvalue weighted by Crippen LogP contribution is -2.35. The van der Waals surface area contributed by atoms with Crippen molar-refractivity contribution < 1.29 is 0 Å². The van der Waals surface area contributed by atoms with Gasteiger partial charge >= 0.3 is 0 Å². The third-order valence-electron chi connectivity index (χ3n) is 2.38. The van der Waals surface area contributed by atoms with Gasteiger partial charge in [-0.15, -0.1) is 0 Å². The minimum absolute atomic E-state index is 0.0761. The summed E-state index contributed by atoms with van der Waals surface area (Å²) in [7, 11) is 0. The lowest BCUT2D eigenvalue weighted by molar-refractivity contribution is 0.421. The summed E-state index contributed by atoms with van der Waals surface area (Å²) in [5.41, 5.74) is 1.06. The number of pyridine rings is 1. The topological polar surface area (TPSA) is 42.7 Å². The van der Waals surface area contributed by atoms with Crippen molar-refractivity contribution in [1.29, 1.82) is 0 Å². The molecule has 0 bridgehead atoms. The summed E-state index contributed by atoms with van der Waals surface area (Å²) < 4.78 is 1.67. The molecule has 0 aromatic carbocycles. The maximum Gasteiger partial charge on any atom is 0.153 e. The number of hydrogen-bond donors (Lipinski definition) is 1. The number of nitrogens with one attached hydrogen (secondary N) is 1. The smallest absolute Gasteiger partial charge is 0.153 e. The molecule has 0 unspecified atom stereocenters. The molecule has 1 N–H and O–H groups in total. The van der Waals surface area contributed by atoms with E-state index in [4.69, 9.17) is 11.6 Å². The maximum atomic E-state index is 5.85. The van der Waals surface area contributed by atoms with Crippen molar-refractivity contribution in [1.82, 2.24) is 20.1 Å². The van der Waals surface area contributed by atoms with Gasteiger partial charge in [0.05, 0.1) is 23.1 Å². The Bertz CT molecular complexity index is 528. The Morgan fingerprint density at radius 1 is 1.33 bits per heavy atom. The predicted octanol–water partition coefficient (Wildman–Crippen LogP) is 2.81. The average Bonchev–Trinajstić information content (AvgIpc) is 2.73. The van der Waals surface area contributed by atoms with E-state index in [2.05, 4.69) is 36.2 Å². The first kappa shape index (κ1) is 13.1. The fourth-order valence-electron chi connectivity index (χ4n) is 1.47. The van der Waals surface area contributed by atoms with Crippen molar-refractivity contribution in [3.63, 3.8) is 0 Å². The Morgan fingerprint density at radius 3 is 2.72 bits per heavy atom. The maximum absolute atomic E-state index is 5.85.